The van der Waals surface area contributed by atoms with E-state index in [0.29, 0.717) is 16.7 Å². The minimum atomic E-state index is -0.799. The summed E-state index contributed by atoms with van der Waals surface area (Å²) in [5.41, 5.74) is -0.274. The number of carbonyl (C=O) groups excluding carboxylic acids is 1. The van der Waals surface area contributed by atoms with Crippen molar-refractivity contribution in [1.29, 1.82) is 0 Å². The molecule has 3 aromatic rings. The van der Waals surface area contributed by atoms with Crippen LogP contribution in [0.5, 0.6) is 0 Å². The lowest BCUT2D eigenvalue weighted by atomic mass is 10.1. The Morgan fingerprint density at radius 2 is 1.46 bits per heavy atom. The van der Waals surface area contributed by atoms with Crippen molar-refractivity contribution in [2.45, 2.75) is 0 Å². The van der Waals surface area contributed by atoms with Crippen molar-refractivity contribution in [3.8, 4) is 0 Å². The summed E-state index contributed by atoms with van der Waals surface area (Å²) in [5, 5.41) is 3.36. The lowest BCUT2D eigenvalue weighted by molar-refractivity contribution is 0.102. The third kappa shape index (κ3) is 3.17. The number of benzene rings is 2. The van der Waals surface area contributed by atoms with E-state index < -0.39 is 17.0 Å². The standard InChI is InChI=1S/C15H8Cl3N3O3/c16-7-4-9(18)11(5-8(7)17)20-13(22)6-1-2-10-12(3-6)21-15(24)14(23)19-10/h1-5H,(H,19,23)(H,20,22)(H,21,24). The van der Waals surface area contributed by atoms with Crippen LogP contribution in [0.2, 0.25) is 15.1 Å². The van der Waals surface area contributed by atoms with Crippen molar-refractivity contribution in [3.63, 3.8) is 0 Å². The van der Waals surface area contributed by atoms with E-state index in [1.54, 1.807) is 0 Å². The van der Waals surface area contributed by atoms with Gasteiger partial charge in [-0.05, 0) is 30.3 Å². The summed E-state index contributed by atoms with van der Waals surface area (Å²) < 4.78 is 0. The largest absolute Gasteiger partial charge is 0.321 e. The Labute approximate surface area is 149 Å². The molecule has 0 aliphatic heterocycles. The number of nitrogens with one attached hydrogen (secondary N) is 3. The fourth-order valence-corrected chi connectivity index (χ4v) is 2.66. The van der Waals surface area contributed by atoms with Gasteiger partial charge in [-0.2, -0.15) is 0 Å². The molecule has 1 amide bonds. The zero-order chi connectivity index (χ0) is 17.4. The summed E-state index contributed by atoms with van der Waals surface area (Å²) in [6.45, 7) is 0. The van der Waals surface area contributed by atoms with Gasteiger partial charge in [0.25, 0.3) is 5.91 Å². The predicted molar refractivity (Wildman–Crippen MR) is 94.6 cm³/mol. The van der Waals surface area contributed by atoms with Crippen LogP contribution in [0.1, 0.15) is 10.4 Å². The molecular weight excluding hydrogens is 377 g/mol. The zero-order valence-electron chi connectivity index (χ0n) is 11.7. The molecule has 0 spiro atoms. The number of rotatable bonds is 2. The lowest BCUT2D eigenvalue weighted by Gasteiger charge is -2.09. The number of hydrogen-bond acceptors (Lipinski definition) is 3. The van der Waals surface area contributed by atoms with Crippen LogP contribution < -0.4 is 16.4 Å². The maximum absolute atomic E-state index is 12.3. The zero-order valence-corrected chi connectivity index (χ0v) is 14.0. The van der Waals surface area contributed by atoms with Crippen LogP contribution in [0.4, 0.5) is 5.69 Å². The molecule has 0 unspecified atom stereocenters. The summed E-state index contributed by atoms with van der Waals surface area (Å²) in [6, 6.07) is 7.30. The molecular formula is C15H8Cl3N3O3. The Hall–Kier alpha value is -2.28. The Morgan fingerprint density at radius 3 is 2.17 bits per heavy atom. The highest BCUT2D eigenvalue weighted by atomic mass is 35.5. The molecule has 1 aromatic heterocycles. The molecule has 6 nitrogen and oxygen atoms in total. The maximum Gasteiger partial charge on any atom is 0.314 e. The first-order valence-electron chi connectivity index (χ1n) is 6.57. The van der Waals surface area contributed by atoms with Crippen LogP contribution in [-0.2, 0) is 0 Å². The SMILES string of the molecule is O=C(Nc1cc(Cl)c(Cl)cc1Cl)c1ccc2[nH]c(=O)c(=O)[nH]c2c1. The summed E-state index contributed by atoms with van der Waals surface area (Å²) >= 11 is 17.8. The number of aromatic nitrogens is 2. The first-order chi connectivity index (χ1) is 11.3. The Bertz CT molecular complexity index is 1090. The number of H-pyrrole nitrogens is 2. The Balaban J connectivity index is 1.97. The summed E-state index contributed by atoms with van der Waals surface area (Å²) in [6.07, 6.45) is 0. The molecule has 3 rings (SSSR count). The fourth-order valence-electron chi connectivity index (χ4n) is 2.07. The van der Waals surface area contributed by atoms with E-state index in [9.17, 15) is 14.4 Å². The highest BCUT2D eigenvalue weighted by molar-refractivity contribution is 6.44. The molecule has 24 heavy (non-hydrogen) atoms. The van der Waals surface area contributed by atoms with Gasteiger partial charge in [-0.3, -0.25) is 14.4 Å². The van der Waals surface area contributed by atoms with Gasteiger partial charge in [0.2, 0.25) is 0 Å². The number of carbonyl (C=O) groups is 1. The van der Waals surface area contributed by atoms with Gasteiger partial charge in [0.05, 0.1) is 31.8 Å². The molecule has 9 heteroatoms. The lowest BCUT2D eigenvalue weighted by Crippen LogP contribution is -2.29. The highest BCUT2D eigenvalue weighted by Gasteiger charge is 2.12. The van der Waals surface area contributed by atoms with Gasteiger partial charge in [-0.25, -0.2) is 0 Å². The quantitative estimate of drug-likeness (QED) is 0.466. The number of halogens is 3. The fraction of sp³-hybridized carbons (Fsp3) is 0. The number of amides is 1. The van der Waals surface area contributed by atoms with Crippen LogP contribution in [0.15, 0.2) is 39.9 Å². The van der Waals surface area contributed by atoms with Crippen molar-refractivity contribution in [1.82, 2.24) is 9.97 Å². The number of anilines is 1. The van der Waals surface area contributed by atoms with E-state index in [4.69, 9.17) is 34.8 Å². The van der Waals surface area contributed by atoms with Gasteiger partial charge in [-0.1, -0.05) is 34.8 Å². The summed E-state index contributed by atoms with van der Waals surface area (Å²) in [7, 11) is 0. The molecule has 0 radical (unpaired) electrons. The molecule has 0 bridgehead atoms. The van der Waals surface area contributed by atoms with Crippen molar-refractivity contribution < 1.29 is 4.79 Å². The van der Waals surface area contributed by atoms with Gasteiger partial charge in [-0.15, -0.1) is 0 Å². The average molecular weight is 385 g/mol. The maximum atomic E-state index is 12.3. The molecule has 1 heterocycles. The molecule has 0 aliphatic carbocycles. The van der Waals surface area contributed by atoms with Crippen molar-refractivity contribution in [2.24, 2.45) is 0 Å². The van der Waals surface area contributed by atoms with Crippen LogP contribution in [-0.4, -0.2) is 15.9 Å². The molecule has 122 valence electrons. The van der Waals surface area contributed by atoms with E-state index >= 15 is 0 Å². The predicted octanol–water partition coefficient (Wildman–Crippen LogP) is 3.43. The average Bonchev–Trinajstić information content (AvgIpc) is 2.53. The normalized spacial score (nSPS) is 10.8. The first-order valence-corrected chi connectivity index (χ1v) is 7.71. The van der Waals surface area contributed by atoms with Crippen molar-refractivity contribution in [3.05, 3.63) is 71.7 Å². The first kappa shape index (κ1) is 16.6. The van der Waals surface area contributed by atoms with Gasteiger partial charge < -0.3 is 15.3 Å². The summed E-state index contributed by atoms with van der Waals surface area (Å²) in [4.78, 5) is 39.8. The van der Waals surface area contributed by atoms with Crippen LogP contribution in [0.3, 0.4) is 0 Å². The van der Waals surface area contributed by atoms with Gasteiger partial charge in [0, 0.05) is 5.56 Å². The van der Waals surface area contributed by atoms with Gasteiger partial charge in [0.1, 0.15) is 0 Å². The third-order valence-electron chi connectivity index (χ3n) is 3.24. The van der Waals surface area contributed by atoms with Gasteiger partial charge in [0.15, 0.2) is 0 Å². The molecule has 2 aromatic carbocycles. The molecule has 0 saturated heterocycles. The van der Waals surface area contributed by atoms with Crippen LogP contribution >= 0.6 is 34.8 Å². The molecule has 0 aliphatic rings. The number of hydrogen-bond donors (Lipinski definition) is 3. The van der Waals surface area contributed by atoms with E-state index in [1.807, 2.05) is 0 Å². The Kier molecular flexibility index (Phi) is 4.36. The van der Waals surface area contributed by atoms with E-state index in [0.717, 1.165) is 0 Å². The second-order valence-corrected chi connectivity index (χ2v) is 6.09. The number of aromatic amines is 2. The second-order valence-electron chi connectivity index (χ2n) is 4.87. The topological polar surface area (TPSA) is 94.8 Å². The Morgan fingerprint density at radius 1 is 0.833 bits per heavy atom. The minimum Gasteiger partial charge on any atom is -0.321 e. The molecule has 0 fully saturated rings. The second kappa shape index (κ2) is 6.32. The molecule has 0 atom stereocenters. The van der Waals surface area contributed by atoms with E-state index in [-0.39, 0.29) is 20.6 Å². The molecule has 3 N–H and O–H groups in total. The van der Waals surface area contributed by atoms with Crippen molar-refractivity contribution in [2.75, 3.05) is 5.32 Å². The van der Waals surface area contributed by atoms with Crippen LogP contribution in [0, 0.1) is 0 Å². The van der Waals surface area contributed by atoms with Gasteiger partial charge >= 0.3 is 11.1 Å². The van der Waals surface area contributed by atoms with E-state index in [1.165, 1.54) is 30.3 Å². The summed E-state index contributed by atoms with van der Waals surface area (Å²) in [5.74, 6) is -0.468. The highest BCUT2D eigenvalue weighted by Crippen LogP contribution is 2.32. The smallest absolute Gasteiger partial charge is 0.314 e. The third-order valence-corrected chi connectivity index (χ3v) is 4.28. The monoisotopic (exact) mass is 383 g/mol. The van der Waals surface area contributed by atoms with Crippen molar-refractivity contribution >= 4 is 57.4 Å². The van der Waals surface area contributed by atoms with Crippen LogP contribution in [0.25, 0.3) is 11.0 Å². The number of fused-ring (bicyclic) bond motifs is 1. The van der Waals surface area contributed by atoms with E-state index in [2.05, 4.69) is 15.3 Å². The minimum absolute atomic E-state index is 0.233. The molecule has 0 saturated carbocycles.